The quantitative estimate of drug-likeness (QED) is 0.785. The lowest BCUT2D eigenvalue weighted by atomic mass is 10.2. The molecule has 1 aromatic carbocycles. The van der Waals surface area contributed by atoms with Crippen molar-refractivity contribution in [2.75, 3.05) is 7.05 Å². The molecule has 2 aromatic heterocycles. The van der Waals surface area contributed by atoms with Crippen molar-refractivity contribution in [1.29, 1.82) is 0 Å². The van der Waals surface area contributed by atoms with Crippen LogP contribution in [0.1, 0.15) is 11.6 Å². The second-order valence-corrected chi connectivity index (χ2v) is 4.95. The summed E-state index contributed by atoms with van der Waals surface area (Å²) in [5.74, 6) is 0.692. The van der Waals surface area contributed by atoms with E-state index in [4.69, 9.17) is 4.42 Å². The summed E-state index contributed by atoms with van der Waals surface area (Å²) in [4.78, 5) is 8.87. The lowest BCUT2D eigenvalue weighted by Crippen LogP contribution is -2.04. The zero-order valence-corrected chi connectivity index (χ0v) is 11.0. The average molecular weight is 259 g/mol. The molecule has 0 bridgehead atoms. The van der Waals surface area contributed by atoms with Crippen LogP contribution in [-0.4, -0.2) is 17.0 Å². The number of aromatic nitrogens is 2. The van der Waals surface area contributed by atoms with Crippen LogP contribution in [0.25, 0.3) is 21.7 Å². The van der Waals surface area contributed by atoms with Gasteiger partial charge in [-0.15, -0.1) is 11.3 Å². The molecule has 0 amide bonds. The number of aryl methyl sites for hydroxylation is 1. The van der Waals surface area contributed by atoms with Crippen LogP contribution in [0.15, 0.2) is 28.0 Å². The van der Waals surface area contributed by atoms with Crippen molar-refractivity contribution in [3.05, 3.63) is 35.2 Å². The minimum atomic E-state index is 0.692. The Morgan fingerprint density at radius 2 is 2.22 bits per heavy atom. The van der Waals surface area contributed by atoms with E-state index in [0.717, 1.165) is 33.9 Å². The van der Waals surface area contributed by atoms with Gasteiger partial charge in [0.05, 0.1) is 5.69 Å². The van der Waals surface area contributed by atoms with Crippen LogP contribution in [0.4, 0.5) is 0 Å². The number of oxazole rings is 1. The molecule has 0 spiro atoms. The molecule has 0 aliphatic carbocycles. The van der Waals surface area contributed by atoms with E-state index in [1.807, 2.05) is 32.2 Å². The highest BCUT2D eigenvalue weighted by Gasteiger charge is 2.08. The summed E-state index contributed by atoms with van der Waals surface area (Å²) in [6, 6.07) is 6.00. The maximum Gasteiger partial charge on any atom is 0.192 e. The Morgan fingerprint density at radius 3 is 3.06 bits per heavy atom. The highest BCUT2D eigenvalue weighted by molar-refractivity contribution is 7.13. The largest absolute Gasteiger partial charge is 0.441 e. The first-order valence-corrected chi connectivity index (χ1v) is 6.61. The Bertz CT molecular complexity index is 686. The molecule has 0 unspecified atom stereocenters. The van der Waals surface area contributed by atoms with E-state index < -0.39 is 0 Å². The number of nitrogens with zero attached hydrogens (tertiary/aromatic N) is 2. The standard InChI is InChI=1S/C13H13N3OS/c1-8-15-11-4-3-9(5-12(11)17-8)13-16-10(6-14-2)7-18-13/h3-5,7,14H,6H2,1-2H3. The predicted molar refractivity (Wildman–Crippen MR) is 72.6 cm³/mol. The molecule has 0 atom stereocenters. The van der Waals surface area contributed by atoms with Crippen molar-refractivity contribution in [3.8, 4) is 10.6 Å². The van der Waals surface area contributed by atoms with Gasteiger partial charge in [-0.05, 0) is 25.2 Å². The van der Waals surface area contributed by atoms with Crippen LogP contribution in [-0.2, 0) is 6.54 Å². The van der Waals surface area contributed by atoms with Crippen molar-refractivity contribution < 1.29 is 4.42 Å². The lowest BCUT2D eigenvalue weighted by Gasteiger charge is -1.95. The van der Waals surface area contributed by atoms with Gasteiger partial charge in [0.15, 0.2) is 11.5 Å². The van der Waals surface area contributed by atoms with Crippen molar-refractivity contribution in [3.63, 3.8) is 0 Å². The van der Waals surface area contributed by atoms with E-state index in [2.05, 4.69) is 20.7 Å². The van der Waals surface area contributed by atoms with Gasteiger partial charge in [0.2, 0.25) is 0 Å². The highest BCUT2D eigenvalue weighted by atomic mass is 32.1. The summed E-state index contributed by atoms with van der Waals surface area (Å²) in [6.07, 6.45) is 0. The normalized spacial score (nSPS) is 11.2. The Kier molecular flexibility index (Phi) is 2.85. The molecule has 0 aliphatic heterocycles. The highest BCUT2D eigenvalue weighted by Crippen LogP contribution is 2.27. The van der Waals surface area contributed by atoms with Crippen molar-refractivity contribution in [2.24, 2.45) is 0 Å². The Hall–Kier alpha value is -1.72. The summed E-state index contributed by atoms with van der Waals surface area (Å²) in [7, 11) is 1.92. The first-order chi connectivity index (χ1) is 8.76. The minimum Gasteiger partial charge on any atom is -0.441 e. The predicted octanol–water partition coefficient (Wildman–Crippen LogP) is 2.98. The zero-order chi connectivity index (χ0) is 12.5. The number of benzene rings is 1. The maximum absolute atomic E-state index is 5.54. The molecular formula is C13H13N3OS. The van der Waals surface area contributed by atoms with Crippen LogP contribution in [0.3, 0.4) is 0 Å². The fraction of sp³-hybridized carbons (Fsp3) is 0.231. The minimum absolute atomic E-state index is 0.692. The summed E-state index contributed by atoms with van der Waals surface area (Å²) >= 11 is 1.64. The van der Waals surface area contributed by atoms with Crippen LogP contribution in [0, 0.1) is 6.92 Å². The van der Waals surface area contributed by atoms with Crippen LogP contribution >= 0.6 is 11.3 Å². The van der Waals surface area contributed by atoms with Crippen LogP contribution < -0.4 is 5.32 Å². The summed E-state index contributed by atoms with van der Waals surface area (Å²) in [5, 5.41) is 6.18. The van der Waals surface area contributed by atoms with Gasteiger partial charge < -0.3 is 9.73 Å². The molecule has 4 nitrogen and oxygen atoms in total. The van der Waals surface area contributed by atoms with Gasteiger partial charge in [-0.25, -0.2) is 9.97 Å². The van der Waals surface area contributed by atoms with Crippen molar-refractivity contribution in [2.45, 2.75) is 13.5 Å². The summed E-state index contributed by atoms with van der Waals surface area (Å²) in [5.41, 5.74) is 3.84. The Balaban J connectivity index is 2.01. The number of hydrogen-bond donors (Lipinski definition) is 1. The topological polar surface area (TPSA) is 51.0 Å². The average Bonchev–Trinajstić information content (AvgIpc) is 2.93. The molecule has 3 aromatic rings. The molecule has 3 rings (SSSR count). The summed E-state index contributed by atoms with van der Waals surface area (Å²) in [6.45, 7) is 2.65. The first kappa shape index (κ1) is 11.4. The Morgan fingerprint density at radius 1 is 1.33 bits per heavy atom. The van der Waals surface area contributed by atoms with Gasteiger partial charge in [0.1, 0.15) is 10.5 Å². The third kappa shape index (κ3) is 2.02. The number of rotatable bonds is 3. The van der Waals surface area contributed by atoms with Crippen LogP contribution in [0.2, 0.25) is 0 Å². The first-order valence-electron chi connectivity index (χ1n) is 5.73. The van der Waals surface area contributed by atoms with Gasteiger partial charge in [-0.3, -0.25) is 0 Å². The summed E-state index contributed by atoms with van der Waals surface area (Å²) < 4.78 is 5.54. The maximum atomic E-state index is 5.54. The van der Waals surface area contributed by atoms with Gasteiger partial charge >= 0.3 is 0 Å². The third-order valence-corrected chi connectivity index (χ3v) is 3.59. The molecule has 0 saturated heterocycles. The van der Waals surface area contributed by atoms with Gasteiger partial charge in [0, 0.05) is 24.4 Å². The molecule has 92 valence electrons. The molecule has 0 saturated carbocycles. The molecule has 0 fully saturated rings. The SMILES string of the molecule is CNCc1csc(-c2ccc3nc(C)oc3c2)n1. The molecule has 18 heavy (non-hydrogen) atoms. The Labute approximate surface area is 109 Å². The fourth-order valence-electron chi connectivity index (χ4n) is 1.87. The van der Waals surface area contributed by atoms with Gasteiger partial charge in [-0.2, -0.15) is 0 Å². The third-order valence-electron chi connectivity index (χ3n) is 2.65. The van der Waals surface area contributed by atoms with Gasteiger partial charge in [0.25, 0.3) is 0 Å². The van der Waals surface area contributed by atoms with Gasteiger partial charge in [-0.1, -0.05) is 0 Å². The molecule has 2 heterocycles. The second-order valence-electron chi connectivity index (χ2n) is 4.09. The van der Waals surface area contributed by atoms with E-state index in [0.29, 0.717) is 5.89 Å². The smallest absolute Gasteiger partial charge is 0.192 e. The van der Waals surface area contributed by atoms with E-state index >= 15 is 0 Å². The molecule has 0 radical (unpaired) electrons. The van der Waals surface area contributed by atoms with E-state index in [1.54, 1.807) is 11.3 Å². The van der Waals surface area contributed by atoms with E-state index in [-0.39, 0.29) is 0 Å². The van der Waals surface area contributed by atoms with E-state index in [9.17, 15) is 0 Å². The van der Waals surface area contributed by atoms with Crippen molar-refractivity contribution >= 4 is 22.4 Å². The second kappa shape index (κ2) is 4.51. The number of nitrogens with one attached hydrogen (secondary N) is 1. The number of thiazole rings is 1. The monoisotopic (exact) mass is 259 g/mol. The number of hydrogen-bond acceptors (Lipinski definition) is 5. The number of fused-ring (bicyclic) bond motifs is 1. The molecule has 5 heteroatoms. The molecule has 0 aliphatic rings. The molecular weight excluding hydrogens is 246 g/mol. The van der Waals surface area contributed by atoms with E-state index in [1.165, 1.54) is 0 Å². The lowest BCUT2D eigenvalue weighted by molar-refractivity contribution is 0.561. The molecule has 1 N–H and O–H groups in total. The zero-order valence-electron chi connectivity index (χ0n) is 10.2. The fourth-order valence-corrected chi connectivity index (χ4v) is 2.69. The van der Waals surface area contributed by atoms with Crippen LogP contribution in [0.5, 0.6) is 0 Å². The van der Waals surface area contributed by atoms with Crippen molar-refractivity contribution in [1.82, 2.24) is 15.3 Å².